The quantitative estimate of drug-likeness (QED) is 0.627. The highest BCUT2D eigenvalue weighted by Gasteiger charge is 2.17. The molecule has 0 bridgehead atoms. The van der Waals surface area contributed by atoms with E-state index in [1.54, 1.807) is 0 Å². The second-order valence-corrected chi connectivity index (χ2v) is 3.69. The zero-order valence-corrected chi connectivity index (χ0v) is 9.00. The molecule has 0 atom stereocenters. The smallest absolute Gasteiger partial charge is 0.306 e. The first-order chi connectivity index (χ1) is 7.54. The van der Waals surface area contributed by atoms with Crippen LogP contribution in [0.3, 0.4) is 0 Å². The number of aromatic amines is 1. The SMILES string of the molecule is CCc1[nH]c2cc([N+](=O)[O-])c(F)cc2c1C. The molecule has 1 heterocycles. The fraction of sp³-hybridized carbons (Fsp3) is 0.273. The minimum absolute atomic E-state index is 0.489. The van der Waals surface area contributed by atoms with Gasteiger partial charge in [0.15, 0.2) is 0 Å². The van der Waals surface area contributed by atoms with Crippen molar-refractivity contribution >= 4 is 16.6 Å². The third-order valence-electron chi connectivity index (χ3n) is 2.78. The second kappa shape index (κ2) is 3.59. The fourth-order valence-electron chi connectivity index (χ4n) is 1.89. The van der Waals surface area contributed by atoms with Gasteiger partial charge in [0, 0.05) is 17.1 Å². The minimum atomic E-state index is -0.790. The summed E-state index contributed by atoms with van der Waals surface area (Å²) >= 11 is 0. The zero-order valence-electron chi connectivity index (χ0n) is 9.00. The first kappa shape index (κ1) is 10.6. The third kappa shape index (κ3) is 1.44. The van der Waals surface area contributed by atoms with Crippen LogP contribution in [0.15, 0.2) is 12.1 Å². The van der Waals surface area contributed by atoms with E-state index < -0.39 is 16.4 Å². The Morgan fingerprint density at radius 1 is 1.50 bits per heavy atom. The fourth-order valence-corrected chi connectivity index (χ4v) is 1.89. The van der Waals surface area contributed by atoms with E-state index in [2.05, 4.69) is 4.98 Å². The van der Waals surface area contributed by atoms with Crippen molar-refractivity contribution < 1.29 is 9.31 Å². The highest BCUT2D eigenvalue weighted by Crippen LogP contribution is 2.28. The third-order valence-corrected chi connectivity index (χ3v) is 2.78. The molecule has 1 aromatic carbocycles. The van der Waals surface area contributed by atoms with Crippen LogP contribution in [0.1, 0.15) is 18.2 Å². The Hall–Kier alpha value is -1.91. The summed E-state index contributed by atoms with van der Waals surface area (Å²) in [6.45, 7) is 3.85. The lowest BCUT2D eigenvalue weighted by atomic mass is 10.1. The van der Waals surface area contributed by atoms with Gasteiger partial charge in [-0.1, -0.05) is 6.92 Å². The molecule has 0 aliphatic carbocycles. The number of rotatable bonds is 2. The number of nitro benzene ring substituents is 1. The standard InChI is InChI=1S/C11H11FN2O2/c1-3-9-6(2)7-4-8(12)11(14(15)16)5-10(7)13-9/h4-5,13H,3H2,1-2H3. The Bertz CT molecular complexity index is 575. The summed E-state index contributed by atoms with van der Waals surface area (Å²) in [4.78, 5) is 12.9. The summed E-state index contributed by atoms with van der Waals surface area (Å²) in [5, 5.41) is 11.3. The lowest BCUT2D eigenvalue weighted by Gasteiger charge is -1.95. The molecular formula is C11H11FN2O2. The molecule has 4 nitrogen and oxygen atoms in total. The molecular weight excluding hydrogens is 211 g/mol. The van der Waals surface area contributed by atoms with Crippen LogP contribution in [0.5, 0.6) is 0 Å². The highest BCUT2D eigenvalue weighted by atomic mass is 19.1. The molecule has 1 aromatic heterocycles. The highest BCUT2D eigenvalue weighted by molar-refractivity contribution is 5.86. The molecule has 0 aliphatic rings. The number of aryl methyl sites for hydroxylation is 2. The van der Waals surface area contributed by atoms with Gasteiger partial charge in [-0.25, -0.2) is 0 Å². The molecule has 1 N–H and O–H groups in total. The van der Waals surface area contributed by atoms with Gasteiger partial charge in [0.05, 0.1) is 10.4 Å². The van der Waals surface area contributed by atoms with Crippen LogP contribution < -0.4 is 0 Å². The summed E-state index contributed by atoms with van der Waals surface area (Å²) in [5.74, 6) is -0.790. The van der Waals surface area contributed by atoms with E-state index >= 15 is 0 Å². The van der Waals surface area contributed by atoms with E-state index in [9.17, 15) is 14.5 Å². The van der Waals surface area contributed by atoms with Crippen LogP contribution in [-0.4, -0.2) is 9.91 Å². The largest absolute Gasteiger partial charge is 0.358 e. The van der Waals surface area contributed by atoms with Gasteiger partial charge in [-0.15, -0.1) is 0 Å². The second-order valence-electron chi connectivity index (χ2n) is 3.69. The van der Waals surface area contributed by atoms with Crippen molar-refractivity contribution in [2.45, 2.75) is 20.3 Å². The van der Waals surface area contributed by atoms with Gasteiger partial charge >= 0.3 is 5.69 Å². The Morgan fingerprint density at radius 2 is 2.19 bits per heavy atom. The van der Waals surface area contributed by atoms with Crippen molar-refractivity contribution in [3.8, 4) is 0 Å². The summed E-state index contributed by atoms with van der Waals surface area (Å²) in [5.41, 5.74) is 2.06. The molecule has 0 saturated carbocycles. The Morgan fingerprint density at radius 3 is 2.75 bits per heavy atom. The van der Waals surface area contributed by atoms with E-state index in [0.717, 1.165) is 17.7 Å². The molecule has 16 heavy (non-hydrogen) atoms. The Kier molecular flexibility index (Phi) is 2.38. The number of fused-ring (bicyclic) bond motifs is 1. The molecule has 84 valence electrons. The lowest BCUT2D eigenvalue weighted by molar-refractivity contribution is -0.387. The number of halogens is 1. The Labute approximate surface area is 91.2 Å². The predicted octanol–water partition coefficient (Wildman–Crippen LogP) is 3.09. The van der Waals surface area contributed by atoms with E-state index in [1.165, 1.54) is 12.1 Å². The molecule has 2 aromatic rings. The molecule has 0 fully saturated rings. The molecule has 0 unspecified atom stereocenters. The number of nitrogens with one attached hydrogen (secondary N) is 1. The number of H-pyrrole nitrogens is 1. The van der Waals surface area contributed by atoms with Gasteiger partial charge in [-0.2, -0.15) is 4.39 Å². The van der Waals surface area contributed by atoms with Gasteiger partial charge in [-0.05, 0) is 25.0 Å². The average Bonchev–Trinajstić information content (AvgIpc) is 2.54. The van der Waals surface area contributed by atoms with E-state index in [0.29, 0.717) is 10.9 Å². The number of aromatic nitrogens is 1. The van der Waals surface area contributed by atoms with Gasteiger partial charge in [0.25, 0.3) is 0 Å². The lowest BCUT2D eigenvalue weighted by Crippen LogP contribution is -1.92. The maximum Gasteiger partial charge on any atom is 0.306 e. The normalized spacial score (nSPS) is 10.9. The maximum absolute atomic E-state index is 13.4. The number of hydrogen-bond acceptors (Lipinski definition) is 2. The number of hydrogen-bond donors (Lipinski definition) is 1. The van der Waals surface area contributed by atoms with Crippen molar-refractivity contribution in [3.63, 3.8) is 0 Å². The van der Waals surface area contributed by atoms with Gasteiger partial charge in [-0.3, -0.25) is 10.1 Å². The van der Waals surface area contributed by atoms with Crippen LogP contribution in [0.4, 0.5) is 10.1 Å². The van der Waals surface area contributed by atoms with Gasteiger partial charge < -0.3 is 4.98 Å². The minimum Gasteiger partial charge on any atom is -0.358 e. The van der Waals surface area contributed by atoms with Crippen LogP contribution in [-0.2, 0) is 6.42 Å². The number of nitrogens with zero attached hydrogens (tertiary/aromatic N) is 1. The van der Waals surface area contributed by atoms with E-state index in [-0.39, 0.29) is 0 Å². The molecule has 0 radical (unpaired) electrons. The van der Waals surface area contributed by atoms with Crippen LogP contribution in [0, 0.1) is 22.9 Å². The maximum atomic E-state index is 13.4. The van der Waals surface area contributed by atoms with Crippen molar-refractivity contribution in [1.29, 1.82) is 0 Å². The van der Waals surface area contributed by atoms with Gasteiger partial charge in [0.2, 0.25) is 5.82 Å². The van der Waals surface area contributed by atoms with Crippen molar-refractivity contribution in [2.75, 3.05) is 0 Å². The van der Waals surface area contributed by atoms with Crippen molar-refractivity contribution in [2.24, 2.45) is 0 Å². The first-order valence-electron chi connectivity index (χ1n) is 4.99. The topological polar surface area (TPSA) is 58.9 Å². The van der Waals surface area contributed by atoms with Crippen molar-refractivity contribution in [1.82, 2.24) is 4.98 Å². The summed E-state index contributed by atoms with van der Waals surface area (Å²) in [6.07, 6.45) is 0.788. The average molecular weight is 222 g/mol. The summed E-state index contributed by atoms with van der Waals surface area (Å²) in [7, 11) is 0. The molecule has 5 heteroatoms. The molecule has 0 saturated heterocycles. The van der Waals surface area contributed by atoms with Crippen LogP contribution >= 0.6 is 0 Å². The van der Waals surface area contributed by atoms with E-state index in [1.807, 2.05) is 13.8 Å². The Balaban J connectivity index is 2.76. The molecule has 0 aliphatic heterocycles. The monoisotopic (exact) mass is 222 g/mol. The van der Waals surface area contributed by atoms with Crippen LogP contribution in [0.25, 0.3) is 10.9 Å². The molecule has 2 rings (SSSR count). The molecule has 0 amide bonds. The van der Waals surface area contributed by atoms with E-state index in [4.69, 9.17) is 0 Å². The van der Waals surface area contributed by atoms with Crippen molar-refractivity contribution in [3.05, 3.63) is 39.3 Å². The summed E-state index contributed by atoms with van der Waals surface area (Å²) < 4.78 is 13.4. The predicted molar refractivity (Wildman–Crippen MR) is 59.0 cm³/mol. The number of nitro groups is 1. The zero-order chi connectivity index (χ0) is 11.9. The van der Waals surface area contributed by atoms with Crippen LogP contribution in [0.2, 0.25) is 0 Å². The summed E-state index contributed by atoms with van der Waals surface area (Å²) in [6, 6.07) is 2.47. The number of benzene rings is 1. The molecule has 0 spiro atoms. The van der Waals surface area contributed by atoms with Gasteiger partial charge in [0.1, 0.15) is 0 Å². The first-order valence-corrected chi connectivity index (χ1v) is 4.99.